The molecule has 1 saturated carbocycles. The van der Waals surface area contributed by atoms with Gasteiger partial charge in [0.2, 0.25) is 15.9 Å². The Kier molecular flexibility index (Phi) is 7.90. The van der Waals surface area contributed by atoms with E-state index in [1.54, 1.807) is 13.0 Å². The van der Waals surface area contributed by atoms with Gasteiger partial charge >= 0.3 is 0 Å². The van der Waals surface area contributed by atoms with Crippen molar-refractivity contribution in [1.82, 2.24) is 4.72 Å². The molecule has 1 fully saturated rings. The molecule has 26 heavy (non-hydrogen) atoms. The fraction of sp³-hybridized carbons (Fsp3) is 0.632. The fourth-order valence-electron chi connectivity index (χ4n) is 3.16. The van der Waals surface area contributed by atoms with Crippen LogP contribution < -0.4 is 14.8 Å². The Bertz CT molecular complexity index is 695. The lowest BCUT2D eigenvalue weighted by Crippen LogP contribution is -2.35. The molecule has 146 valence electrons. The summed E-state index contributed by atoms with van der Waals surface area (Å²) < 4.78 is 34.0. The summed E-state index contributed by atoms with van der Waals surface area (Å²) in [7, 11) is -3.64. The number of carbonyl (C=O) groups excluding carboxylic acids is 1. The molecule has 0 atom stereocenters. The summed E-state index contributed by atoms with van der Waals surface area (Å²) in [6.07, 6.45) is 7.71. The molecule has 0 spiro atoms. The lowest BCUT2D eigenvalue weighted by molar-refractivity contribution is -0.115. The molecular formula is C19H30N2O4S. The molecule has 0 radical (unpaired) electrons. The summed E-state index contributed by atoms with van der Waals surface area (Å²) in [5.41, 5.74) is 0.388. The van der Waals surface area contributed by atoms with Crippen molar-refractivity contribution in [2.24, 2.45) is 0 Å². The second-order valence-electron chi connectivity index (χ2n) is 6.66. The van der Waals surface area contributed by atoms with Gasteiger partial charge in [-0.05, 0) is 38.0 Å². The molecule has 0 bridgehead atoms. The molecule has 0 unspecified atom stereocenters. The topological polar surface area (TPSA) is 84.5 Å². The summed E-state index contributed by atoms with van der Waals surface area (Å²) in [4.78, 5) is 11.9. The van der Waals surface area contributed by atoms with E-state index in [0.29, 0.717) is 24.5 Å². The van der Waals surface area contributed by atoms with E-state index in [2.05, 4.69) is 10.0 Å². The molecule has 0 aromatic heterocycles. The predicted molar refractivity (Wildman–Crippen MR) is 103 cm³/mol. The van der Waals surface area contributed by atoms with E-state index in [9.17, 15) is 13.2 Å². The molecule has 0 heterocycles. The smallest absolute Gasteiger partial charge is 0.240 e. The molecule has 2 N–H and O–H groups in total. The highest BCUT2D eigenvalue weighted by molar-refractivity contribution is 7.89. The lowest BCUT2D eigenvalue weighted by atomic mass is 9.97. The summed E-state index contributed by atoms with van der Waals surface area (Å²) in [6.45, 7) is 4.01. The standard InChI is InChI=1S/C19H30N2O4S/c1-3-19(22)20-17-14-16(12-13-18(17)25-4-2)26(23,24)21-15-10-8-6-5-7-9-11-15/h12-15,21H,3-11H2,1-2H3,(H,20,22). The fourth-order valence-corrected chi connectivity index (χ4v) is 4.49. The number of rotatable bonds is 7. The van der Waals surface area contributed by atoms with Gasteiger partial charge in [-0.15, -0.1) is 0 Å². The van der Waals surface area contributed by atoms with Gasteiger partial charge in [-0.1, -0.05) is 39.0 Å². The maximum atomic E-state index is 12.8. The van der Waals surface area contributed by atoms with Crippen LogP contribution in [-0.4, -0.2) is 27.0 Å². The molecule has 0 saturated heterocycles. The average Bonchev–Trinajstić information content (AvgIpc) is 2.58. The Morgan fingerprint density at radius 1 is 1.12 bits per heavy atom. The Hall–Kier alpha value is -1.60. The first-order chi connectivity index (χ1) is 12.5. The first-order valence-corrected chi connectivity index (χ1v) is 11.0. The van der Waals surface area contributed by atoms with Crippen molar-refractivity contribution in [2.45, 2.75) is 76.2 Å². The highest BCUT2D eigenvalue weighted by Crippen LogP contribution is 2.28. The number of amides is 1. The largest absolute Gasteiger partial charge is 0.492 e. The van der Waals surface area contributed by atoms with Crippen molar-refractivity contribution in [1.29, 1.82) is 0 Å². The maximum absolute atomic E-state index is 12.8. The van der Waals surface area contributed by atoms with Gasteiger partial charge in [0, 0.05) is 12.5 Å². The number of anilines is 1. The second kappa shape index (κ2) is 9.92. The number of hydrogen-bond donors (Lipinski definition) is 2. The van der Waals surface area contributed by atoms with Crippen molar-refractivity contribution in [3.05, 3.63) is 18.2 Å². The van der Waals surface area contributed by atoms with Gasteiger partial charge in [-0.3, -0.25) is 4.79 Å². The Morgan fingerprint density at radius 3 is 2.38 bits per heavy atom. The Labute approximate surface area is 156 Å². The van der Waals surface area contributed by atoms with Crippen LogP contribution in [0.15, 0.2) is 23.1 Å². The van der Waals surface area contributed by atoms with E-state index in [1.165, 1.54) is 18.6 Å². The quantitative estimate of drug-likeness (QED) is 0.751. The Morgan fingerprint density at radius 2 is 1.77 bits per heavy atom. The van der Waals surface area contributed by atoms with Crippen LogP contribution in [0.3, 0.4) is 0 Å². The third kappa shape index (κ3) is 5.99. The zero-order chi connectivity index (χ0) is 19.0. The van der Waals surface area contributed by atoms with Crippen molar-refractivity contribution >= 4 is 21.6 Å². The highest BCUT2D eigenvalue weighted by Gasteiger charge is 2.22. The molecule has 2 rings (SSSR count). The van der Waals surface area contributed by atoms with E-state index in [1.807, 2.05) is 6.92 Å². The van der Waals surface area contributed by atoms with Gasteiger partial charge in [-0.25, -0.2) is 13.1 Å². The molecule has 7 heteroatoms. The van der Waals surface area contributed by atoms with Gasteiger partial charge in [0.1, 0.15) is 5.75 Å². The number of sulfonamides is 1. The first kappa shape index (κ1) is 20.7. The predicted octanol–water partition coefficient (Wildman–Crippen LogP) is 3.83. The molecule has 1 amide bonds. The SMILES string of the molecule is CCOc1ccc(S(=O)(=O)NC2CCCCCCC2)cc1NC(=O)CC. The van der Waals surface area contributed by atoms with Crippen LogP contribution in [0.1, 0.15) is 65.2 Å². The molecule has 0 aliphatic heterocycles. The monoisotopic (exact) mass is 382 g/mol. The molecule has 6 nitrogen and oxygen atoms in total. The first-order valence-electron chi connectivity index (χ1n) is 9.55. The van der Waals surface area contributed by atoms with Crippen molar-refractivity contribution in [3.8, 4) is 5.75 Å². The van der Waals surface area contributed by atoms with Crippen molar-refractivity contribution < 1.29 is 17.9 Å². The number of nitrogens with one attached hydrogen (secondary N) is 2. The molecule has 1 aliphatic rings. The third-order valence-electron chi connectivity index (χ3n) is 4.58. The second-order valence-corrected chi connectivity index (χ2v) is 8.37. The normalized spacial score (nSPS) is 16.5. The van der Waals surface area contributed by atoms with Crippen LogP contribution in [-0.2, 0) is 14.8 Å². The summed E-state index contributed by atoms with van der Waals surface area (Å²) in [5.74, 6) is 0.285. The van der Waals surface area contributed by atoms with Crippen molar-refractivity contribution in [3.63, 3.8) is 0 Å². The Balaban J connectivity index is 2.21. The van der Waals surface area contributed by atoms with E-state index in [0.717, 1.165) is 38.5 Å². The lowest BCUT2D eigenvalue weighted by Gasteiger charge is -2.21. The number of hydrogen-bond acceptors (Lipinski definition) is 4. The number of carbonyl (C=O) groups is 1. The van der Waals surface area contributed by atoms with Crippen LogP contribution in [0.25, 0.3) is 0 Å². The zero-order valence-electron chi connectivity index (χ0n) is 15.7. The molecular weight excluding hydrogens is 352 g/mol. The summed E-state index contributed by atoms with van der Waals surface area (Å²) in [5, 5.41) is 2.72. The van der Waals surface area contributed by atoms with Gasteiger partial charge in [0.05, 0.1) is 17.2 Å². The van der Waals surface area contributed by atoms with Crippen LogP contribution in [0.5, 0.6) is 5.75 Å². The van der Waals surface area contributed by atoms with E-state index >= 15 is 0 Å². The van der Waals surface area contributed by atoms with Gasteiger partial charge in [-0.2, -0.15) is 0 Å². The average molecular weight is 383 g/mol. The third-order valence-corrected chi connectivity index (χ3v) is 6.10. The van der Waals surface area contributed by atoms with E-state index in [-0.39, 0.29) is 16.8 Å². The number of benzene rings is 1. The summed E-state index contributed by atoms with van der Waals surface area (Å²) in [6, 6.07) is 4.57. The van der Waals surface area contributed by atoms with Crippen LogP contribution >= 0.6 is 0 Å². The minimum atomic E-state index is -3.64. The highest BCUT2D eigenvalue weighted by atomic mass is 32.2. The van der Waals surface area contributed by atoms with Gasteiger partial charge in [0.15, 0.2) is 0 Å². The summed E-state index contributed by atoms with van der Waals surface area (Å²) >= 11 is 0. The van der Waals surface area contributed by atoms with E-state index in [4.69, 9.17) is 4.74 Å². The minimum Gasteiger partial charge on any atom is -0.492 e. The van der Waals surface area contributed by atoms with Gasteiger partial charge in [0.25, 0.3) is 0 Å². The maximum Gasteiger partial charge on any atom is 0.240 e. The zero-order valence-corrected chi connectivity index (χ0v) is 16.5. The molecule has 1 aromatic carbocycles. The van der Waals surface area contributed by atoms with Crippen LogP contribution in [0.2, 0.25) is 0 Å². The van der Waals surface area contributed by atoms with Crippen molar-refractivity contribution in [2.75, 3.05) is 11.9 Å². The van der Waals surface area contributed by atoms with Crippen LogP contribution in [0.4, 0.5) is 5.69 Å². The molecule has 1 aliphatic carbocycles. The van der Waals surface area contributed by atoms with Gasteiger partial charge < -0.3 is 10.1 Å². The van der Waals surface area contributed by atoms with E-state index < -0.39 is 10.0 Å². The minimum absolute atomic E-state index is 0.0273. The molecule has 1 aromatic rings. The number of ether oxygens (including phenoxy) is 1. The van der Waals surface area contributed by atoms with Crippen LogP contribution in [0, 0.1) is 0 Å².